The molecule has 0 aliphatic carbocycles. The largest absolute Gasteiger partial charge is 0.327 e. The molecule has 7 heteroatoms. The Bertz CT molecular complexity index is 503. The Hall–Kier alpha value is -2.02. The molecule has 0 aliphatic rings. The van der Waals surface area contributed by atoms with E-state index in [2.05, 4.69) is 10.6 Å². The van der Waals surface area contributed by atoms with Crippen molar-refractivity contribution in [2.75, 3.05) is 5.32 Å². The number of rotatable bonds is 4. The number of benzene rings is 1. The van der Waals surface area contributed by atoms with Crippen molar-refractivity contribution in [3.05, 3.63) is 34.4 Å². The number of nitro benzene ring substituents is 1. The van der Waals surface area contributed by atoms with E-state index in [-0.39, 0.29) is 28.3 Å². The van der Waals surface area contributed by atoms with Crippen molar-refractivity contribution < 1.29 is 9.72 Å². The van der Waals surface area contributed by atoms with Crippen molar-refractivity contribution in [1.29, 1.82) is 0 Å². The van der Waals surface area contributed by atoms with Crippen molar-refractivity contribution in [2.45, 2.75) is 20.3 Å². The number of hydrogen-bond acceptors (Lipinski definition) is 4. The van der Waals surface area contributed by atoms with Crippen LogP contribution in [0.5, 0.6) is 0 Å². The van der Waals surface area contributed by atoms with Gasteiger partial charge in [0.25, 0.3) is 5.69 Å². The van der Waals surface area contributed by atoms with Crippen LogP contribution in [0, 0.1) is 16.0 Å². The molecular weight excluding hydrogens is 266 g/mol. The number of carbonyl (C=O) groups is 1. The van der Waals surface area contributed by atoms with E-state index >= 15 is 0 Å². The fourth-order valence-electron chi connectivity index (χ4n) is 1.44. The maximum Gasteiger partial charge on any atom is 0.292 e. The van der Waals surface area contributed by atoms with E-state index < -0.39 is 4.92 Å². The van der Waals surface area contributed by atoms with Gasteiger partial charge < -0.3 is 10.6 Å². The number of hydrogen-bond donors (Lipinski definition) is 2. The van der Waals surface area contributed by atoms with Gasteiger partial charge in [-0.15, -0.1) is 0 Å². The number of anilines is 1. The van der Waals surface area contributed by atoms with E-state index in [1.54, 1.807) is 12.1 Å². The third kappa shape index (κ3) is 5.01. The van der Waals surface area contributed by atoms with Crippen LogP contribution in [0.4, 0.5) is 11.4 Å². The summed E-state index contributed by atoms with van der Waals surface area (Å²) in [6.45, 7) is 3.83. The zero-order chi connectivity index (χ0) is 14.4. The highest BCUT2D eigenvalue weighted by molar-refractivity contribution is 7.80. The van der Waals surface area contributed by atoms with Crippen LogP contribution >= 0.6 is 12.2 Å². The van der Waals surface area contributed by atoms with E-state index in [1.165, 1.54) is 12.1 Å². The predicted octanol–water partition coefficient (Wildman–Crippen LogP) is 2.45. The first-order chi connectivity index (χ1) is 8.90. The maximum absolute atomic E-state index is 11.5. The van der Waals surface area contributed by atoms with Gasteiger partial charge in [-0.05, 0) is 24.2 Å². The minimum atomic E-state index is -0.513. The number of nitrogens with one attached hydrogen (secondary N) is 2. The van der Waals surface area contributed by atoms with Gasteiger partial charge >= 0.3 is 0 Å². The van der Waals surface area contributed by atoms with Gasteiger partial charge in [-0.25, -0.2) is 0 Å². The summed E-state index contributed by atoms with van der Waals surface area (Å²) in [5, 5.41) is 16.0. The molecule has 0 unspecified atom stereocenters. The van der Waals surface area contributed by atoms with Crippen molar-refractivity contribution in [3.63, 3.8) is 0 Å². The Morgan fingerprint density at radius 1 is 1.42 bits per heavy atom. The van der Waals surface area contributed by atoms with Crippen molar-refractivity contribution in [3.8, 4) is 0 Å². The molecule has 0 saturated heterocycles. The summed E-state index contributed by atoms with van der Waals surface area (Å²) in [5.41, 5.74) is 0.158. The summed E-state index contributed by atoms with van der Waals surface area (Å²) in [6.07, 6.45) is 0.346. The molecule has 0 atom stereocenters. The van der Waals surface area contributed by atoms with E-state index in [1.807, 2.05) is 13.8 Å². The first kappa shape index (κ1) is 15.0. The summed E-state index contributed by atoms with van der Waals surface area (Å²) >= 11 is 4.95. The maximum atomic E-state index is 11.5. The van der Waals surface area contributed by atoms with E-state index in [0.29, 0.717) is 6.42 Å². The average Bonchev–Trinajstić information content (AvgIpc) is 2.27. The van der Waals surface area contributed by atoms with Crippen LogP contribution in [-0.2, 0) is 4.79 Å². The Labute approximate surface area is 116 Å². The molecule has 1 rings (SSSR count). The molecule has 0 saturated carbocycles. The highest BCUT2D eigenvalue weighted by Crippen LogP contribution is 2.22. The number of carbonyl (C=O) groups excluding carboxylic acids is 1. The highest BCUT2D eigenvalue weighted by atomic mass is 32.1. The molecule has 0 bridgehead atoms. The molecule has 0 heterocycles. The second kappa shape index (κ2) is 6.79. The molecule has 0 radical (unpaired) electrons. The zero-order valence-corrected chi connectivity index (χ0v) is 11.5. The average molecular weight is 281 g/mol. The normalized spacial score (nSPS) is 10.1. The number of thiocarbonyl (C=S) groups is 1. The van der Waals surface area contributed by atoms with Gasteiger partial charge in [-0.1, -0.05) is 26.0 Å². The van der Waals surface area contributed by atoms with Gasteiger partial charge in [0.05, 0.1) is 4.92 Å². The fraction of sp³-hybridized carbons (Fsp3) is 0.333. The molecule has 1 amide bonds. The number of nitro groups is 1. The number of para-hydroxylation sites is 2. The predicted molar refractivity (Wildman–Crippen MR) is 76.9 cm³/mol. The van der Waals surface area contributed by atoms with Crippen LogP contribution in [0.3, 0.4) is 0 Å². The van der Waals surface area contributed by atoms with Gasteiger partial charge in [-0.3, -0.25) is 14.9 Å². The van der Waals surface area contributed by atoms with Gasteiger partial charge in [0.2, 0.25) is 5.91 Å². The second-order valence-corrected chi connectivity index (χ2v) is 4.78. The zero-order valence-electron chi connectivity index (χ0n) is 10.7. The molecule has 0 aliphatic heterocycles. The third-order valence-electron chi connectivity index (χ3n) is 2.20. The summed E-state index contributed by atoms with van der Waals surface area (Å²) in [6, 6.07) is 6.09. The van der Waals surface area contributed by atoms with Crippen molar-refractivity contribution in [1.82, 2.24) is 5.32 Å². The van der Waals surface area contributed by atoms with Crippen LogP contribution in [-0.4, -0.2) is 15.9 Å². The van der Waals surface area contributed by atoms with Crippen molar-refractivity contribution >= 4 is 34.6 Å². The Kier molecular flexibility index (Phi) is 5.37. The topological polar surface area (TPSA) is 84.3 Å². The lowest BCUT2D eigenvalue weighted by atomic mass is 10.1. The van der Waals surface area contributed by atoms with Crippen LogP contribution < -0.4 is 10.6 Å². The lowest BCUT2D eigenvalue weighted by molar-refractivity contribution is -0.383. The molecule has 102 valence electrons. The van der Waals surface area contributed by atoms with Crippen LogP contribution in [0.2, 0.25) is 0 Å². The molecule has 2 N–H and O–H groups in total. The number of amides is 1. The molecule has 6 nitrogen and oxygen atoms in total. The molecule has 1 aromatic carbocycles. The summed E-state index contributed by atoms with van der Waals surface area (Å²) in [7, 11) is 0. The van der Waals surface area contributed by atoms with Crippen molar-refractivity contribution in [2.24, 2.45) is 5.92 Å². The smallest absolute Gasteiger partial charge is 0.292 e. The first-order valence-electron chi connectivity index (χ1n) is 5.74. The molecule has 19 heavy (non-hydrogen) atoms. The SMILES string of the molecule is CC(C)CC(=O)NC(=S)Nc1ccccc1[N+](=O)[O-]. The molecule has 0 spiro atoms. The Morgan fingerprint density at radius 3 is 2.63 bits per heavy atom. The summed E-state index contributed by atoms with van der Waals surface area (Å²) in [4.78, 5) is 21.8. The van der Waals surface area contributed by atoms with Crippen LogP contribution in [0.1, 0.15) is 20.3 Å². The molecule has 1 aromatic rings. The lowest BCUT2D eigenvalue weighted by Gasteiger charge is -2.10. The standard InChI is InChI=1S/C12H15N3O3S/c1-8(2)7-11(16)14-12(19)13-9-5-3-4-6-10(9)15(17)18/h3-6,8H,7H2,1-2H3,(H2,13,14,16,19). The lowest BCUT2D eigenvalue weighted by Crippen LogP contribution is -2.34. The van der Waals surface area contributed by atoms with E-state index in [4.69, 9.17) is 12.2 Å². The van der Waals surface area contributed by atoms with Gasteiger partial charge in [0.1, 0.15) is 5.69 Å². The summed E-state index contributed by atoms with van der Waals surface area (Å²) in [5.74, 6) is -0.0000504. The minimum absolute atomic E-state index is 0.0555. The van der Waals surface area contributed by atoms with E-state index in [9.17, 15) is 14.9 Å². The highest BCUT2D eigenvalue weighted by Gasteiger charge is 2.14. The van der Waals surface area contributed by atoms with Gasteiger partial charge in [-0.2, -0.15) is 0 Å². The quantitative estimate of drug-likeness (QED) is 0.503. The Morgan fingerprint density at radius 2 is 2.05 bits per heavy atom. The minimum Gasteiger partial charge on any atom is -0.327 e. The molecular formula is C12H15N3O3S. The Balaban J connectivity index is 2.67. The fourth-order valence-corrected chi connectivity index (χ4v) is 1.66. The van der Waals surface area contributed by atoms with Gasteiger partial charge in [0, 0.05) is 12.5 Å². The number of nitrogens with zero attached hydrogens (tertiary/aromatic N) is 1. The van der Waals surface area contributed by atoms with E-state index in [0.717, 1.165) is 0 Å². The first-order valence-corrected chi connectivity index (χ1v) is 6.15. The molecule has 0 fully saturated rings. The third-order valence-corrected chi connectivity index (χ3v) is 2.40. The van der Waals surface area contributed by atoms with Gasteiger partial charge in [0.15, 0.2) is 5.11 Å². The van der Waals surface area contributed by atoms with Crippen LogP contribution in [0.25, 0.3) is 0 Å². The monoisotopic (exact) mass is 281 g/mol. The molecule has 0 aromatic heterocycles. The van der Waals surface area contributed by atoms with Crippen LogP contribution in [0.15, 0.2) is 24.3 Å². The summed E-state index contributed by atoms with van der Waals surface area (Å²) < 4.78 is 0. The second-order valence-electron chi connectivity index (χ2n) is 4.37.